The molecule has 1 aliphatic heterocycles. The summed E-state index contributed by atoms with van der Waals surface area (Å²) in [5.41, 5.74) is 0. The molecule has 0 spiro atoms. The molecule has 0 aromatic carbocycles. The summed E-state index contributed by atoms with van der Waals surface area (Å²) >= 11 is 0. The third-order valence-electron chi connectivity index (χ3n) is 2.51. The van der Waals surface area contributed by atoms with E-state index in [1.54, 1.807) is 4.90 Å². The van der Waals surface area contributed by atoms with Gasteiger partial charge in [-0.1, -0.05) is 6.08 Å². The molecule has 0 saturated carbocycles. The van der Waals surface area contributed by atoms with E-state index in [0.717, 1.165) is 32.4 Å². The Bertz CT molecular complexity index is 213. The van der Waals surface area contributed by atoms with Crippen molar-refractivity contribution in [1.29, 1.82) is 0 Å². The molecule has 1 aliphatic rings. The Morgan fingerprint density at radius 1 is 1.73 bits per heavy atom. The minimum Gasteiger partial charge on any atom is -0.379 e. The molecule has 1 heterocycles. The second-order valence-corrected chi connectivity index (χ2v) is 3.86. The summed E-state index contributed by atoms with van der Waals surface area (Å²) in [7, 11) is 1.81. The first-order chi connectivity index (χ1) is 7.24. The molecule has 1 saturated heterocycles. The summed E-state index contributed by atoms with van der Waals surface area (Å²) in [5, 5.41) is 2.94. The lowest BCUT2D eigenvalue weighted by atomic mass is 10.2. The number of hydrogen-bond acceptors (Lipinski definition) is 2. The zero-order valence-electron chi connectivity index (χ0n) is 9.37. The van der Waals surface area contributed by atoms with Crippen molar-refractivity contribution in [3.63, 3.8) is 0 Å². The number of nitrogens with zero attached hydrogens (tertiary/aromatic N) is 1. The first kappa shape index (κ1) is 12.0. The van der Waals surface area contributed by atoms with Crippen molar-refractivity contribution >= 4 is 6.03 Å². The van der Waals surface area contributed by atoms with Crippen LogP contribution in [0.2, 0.25) is 0 Å². The van der Waals surface area contributed by atoms with E-state index in [1.165, 1.54) is 0 Å². The monoisotopic (exact) mass is 212 g/mol. The number of carbonyl (C=O) groups is 1. The van der Waals surface area contributed by atoms with Crippen molar-refractivity contribution in [3.05, 3.63) is 12.7 Å². The molecule has 86 valence electrons. The zero-order chi connectivity index (χ0) is 11.1. The lowest BCUT2D eigenvalue weighted by Gasteiger charge is -2.20. The molecule has 1 rings (SSSR count). The van der Waals surface area contributed by atoms with E-state index < -0.39 is 0 Å². The van der Waals surface area contributed by atoms with E-state index in [2.05, 4.69) is 11.9 Å². The van der Waals surface area contributed by atoms with Gasteiger partial charge >= 0.3 is 6.03 Å². The molecule has 0 radical (unpaired) electrons. The quantitative estimate of drug-likeness (QED) is 0.552. The fourth-order valence-corrected chi connectivity index (χ4v) is 1.51. The van der Waals surface area contributed by atoms with Crippen LogP contribution in [0, 0.1) is 0 Å². The Morgan fingerprint density at radius 3 is 3.13 bits per heavy atom. The van der Waals surface area contributed by atoms with Gasteiger partial charge in [0.15, 0.2) is 0 Å². The SMILES string of the molecule is C=CCCCN(C)C(=O)NC1CCOC1. The van der Waals surface area contributed by atoms with Crippen LogP contribution in [0.3, 0.4) is 0 Å². The normalized spacial score (nSPS) is 19.9. The van der Waals surface area contributed by atoms with Crippen LogP contribution in [0.15, 0.2) is 12.7 Å². The maximum atomic E-state index is 11.6. The summed E-state index contributed by atoms with van der Waals surface area (Å²) in [6, 6.07) is 0.189. The van der Waals surface area contributed by atoms with Crippen LogP contribution in [0.25, 0.3) is 0 Å². The van der Waals surface area contributed by atoms with Gasteiger partial charge in [0.05, 0.1) is 12.6 Å². The number of hydrogen-bond donors (Lipinski definition) is 1. The second-order valence-electron chi connectivity index (χ2n) is 3.86. The van der Waals surface area contributed by atoms with Crippen molar-refractivity contribution in [2.45, 2.75) is 25.3 Å². The first-order valence-electron chi connectivity index (χ1n) is 5.44. The molecule has 4 nitrogen and oxygen atoms in total. The van der Waals surface area contributed by atoms with Crippen LogP contribution in [0.1, 0.15) is 19.3 Å². The average Bonchev–Trinajstić information content (AvgIpc) is 2.70. The van der Waals surface area contributed by atoms with E-state index >= 15 is 0 Å². The number of urea groups is 1. The van der Waals surface area contributed by atoms with Gasteiger partial charge in [0.1, 0.15) is 0 Å². The highest BCUT2D eigenvalue weighted by atomic mass is 16.5. The van der Waals surface area contributed by atoms with Gasteiger partial charge in [0.2, 0.25) is 0 Å². The molecule has 1 atom stereocenters. The maximum Gasteiger partial charge on any atom is 0.317 e. The third kappa shape index (κ3) is 4.34. The molecule has 0 aromatic heterocycles. The number of rotatable bonds is 5. The molecule has 1 unspecified atom stereocenters. The molecular weight excluding hydrogens is 192 g/mol. The van der Waals surface area contributed by atoms with E-state index in [-0.39, 0.29) is 12.1 Å². The van der Waals surface area contributed by atoms with Gasteiger partial charge in [-0.15, -0.1) is 6.58 Å². The minimum atomic E-state index is -0.00503. The van der Waals surface area contributed by atoms with Gasteiger partial charge in [-0.05, 0) is 19.3 Å². The maximum absolute atomic E-state index is 11.6. The van der Waals surface area contributed by atoms with Crippen molar-refractivity contribution in [3.8, 4) is 0 Å². The van der Waals surface area contributed by atoms with E-state index in [0.29, 0.717) is 6.61 Å². The highest BCUT2D eigenvalue weighted by molar-refractivity contribution is 5.74. The number of nitrogens with one attached hydrogen (secondary N) is 1. The van der Waals surface area contributed by atoms with Crippen molar-refractivity contribution < 1.29 is 9.53 Å². The summed E-state index contributed by atoms with van der Waals surface area (Å²) in [4.78, 5) is 13.3. The zero-order valence-corrected chi connectivity index (χ0v) is 9.37. The summed E-state index contributed by atoms with van der Waals surface area (Å²) < 4.78 is 5.19. The lowest BCUT2D eigenvalue weighted by molar-refractivity contribution is 0.182. The van der Waals surface area contributed by atoms with Gasteiger partial charge in [-0.25, -0.2) is 4.79 Å². The first-order valence-corrected chi connectivity index (χ1v) is 5.44. The summed E-state index contributed by atoms with van der Waals surface area (Å²) in [6.07, 6.45) is 4.71. The van der Waals surface area contributed by atoms with E-state index in [4.69, 9.17) is 4.74 Å². The van der Waals surface area contributed by atoms with Crippen LogP contribution in [0.5, 0.6) is 0 Å². The second kappa shape index (κ2) is 6.45. The Labute approximate surface area is 91.3 Å². The smallest absolute Gasteiger partial charge is 0.317 e. The molecule has 15 heavy (non-hydrogen) atoms. The predicted molar refractivity (Wildman–Crippen MR) is 59.8 cm³/mol. The number of allylic oxidation sites excluding steroid dienone is 1. The Kier molecular flexibility index (Phi) is 5.18. The summed E-state index contributed by atoms with van der Waals surface area (Å²) in [6.45, 7) is 5.82. The fraction of sp³-hybridized carbons (Fsp3) is 0.727. The molecule has 1 fully saturated rings. The predicted octanol–water partition coefficient (Wildman–Crippen LogP) is 1.38. The van der Waals surface area contributed by atoms with Gasteiger partial charge in [-0.2, -0.15) is 0 Å². The van der Waals surface area contributed by atoms with Crippen LogP contribution in [0.4, 0.5) is 4.79 Å². The highest BCUT2D eigenvalue weighted by Gasteiger charge is 2.19. The highest BCUT2D eigenvalue weighted by Crippen LogP contribution is 2.04. The molecule has 0 bridgehead atoms. The minimum absolute atomic E-state index is 0.00503. The van der Waals surface area contributed by atoms with Crippen molar-refractivity contribution in [2.75, 3.05) is 26.8 Å². The lowest BCUT2D eigenvalue weighted by Crippen LogP contribution is -2.43. The van der Waals surface area contributed by atoms with Crippen LogP contribution in [-0.4, -0.2) is 43.8 Å². The summed E-state index contributed by atoms with van der Waals surface area (Å²) in [5.74, 6) is 0. The average molecular weight is 212 g/mol. The van der Waals surface area contributed by atoms with Gasteiger partial charge < -0.3 is 15.0 Å². The molecular formula is C11H20N2O2. The Hall–Kier alpha value is -1.03. The number of amides is 2. The van der Waals surface area contributed by atoms with Gasteiger partial charge in [0, 0.05) is 20.2 Å². The van der Waals surface area contributed by atoms with Crippen molar-refractivity contribution in [1.82, 2.24) is 10.2 Å². The largest absolute Gasteiger partial charge is 0.379 e. The number of unbranched alkanes of at least 4 members (excludes halogenated alkanes) is 1. The number of carbonyl (C=O) groups excluding carboxylic acids is 1. The Morgan fingerprint density at radius 2 is 2.53 bits per heavy atom. The fourth-order valence-electron chi connectivity index (χ4n) is 1.51. The van der Waals surface area contributed by atoms with E-state index in [9.17, 15) is 4.79 Å². The molecule has 0 aliphatic carbocycles. The molecule has 1 N–H and O–H groups in total. The van der Waals surface area contributed by atoms with Crippen LogP contribution in [-0.2, 0) is 4.74 Å². The molecule has 0 aromatic rings. The third-order valence-corrected chi connectivity index (χ3v) is 2.51. The topological polar surface area (TPSA) is 41.6 Å². The Balaban J connectivity index is 2.16. The van der Waals surface area contributed by atoms with Crippen LogP contribution < -0.4 is 5.32 Å². The van der Waals surface area contributed by atoms with Gasteiger partial charge in [-0.3, -0.25) is 0 Å². The van der Waals surface area contributed by atoms with Gasteiger partial charge in [0.25, 0.3) is 0 Å². The van der Waals surface area contributed by atoms with Crippen molar-refractivity contribution in [2.24, 2.45) is 0 Å². The standard InChI is InChI=1S/C11H20N2O2/c1-3-4-5-7-13(2)11(14)12-10-6-8-15-9-10/h3,10H,1,4-9H2,2H3,(H,12,14). The van der Waals surface area contributed by atoms with E-state index in [1.807, 2.05) is 13.1 Å². The molecule has 4 heteroatoms. The molecule has 2 amide bonds. The number of ether oxygens (including phenoxy) is 1. The van der Waals surface area contributed by atoms with Crippen LogP contribution >= 0.6 is 0 Å².